The standard InChI is InChI=1S/C46H30N2S/c1-4-12-33(13-5-1)47(34-14-6-2-7-15-34)41-27-22-31-21-26-39-42(28-23-32-20-25-38(41)45(31)46(32)39)48(35-16-8-3-9-17-35)36-24-29-44-40(30-36)37-18-10-11-19-43(37)49-44/h1-30H. The SMILES string of the molecule is c1ccc(N(c2ccccc2)c2ccc3ccc4c(N(c5ccccc5)c5ccc6sc7ccccc7c6c5)ccc5ccc2c3c54)cc1. The van der Waals surface area contributed by atoms with Crippen LogP contribution in [-0.2, 0) is 0 Å². The number of hydrogen-bond donors (Lipinski definition) is 0. The molecule has 0 saturated carbocycles. The van der Waals surface area contributed by atoms with Crippen molar-refractivity contribution in [1.82, 2.24) is 0 Å². The molecule has 0 atom stereocenters. The molecule has 1 aromatic heterocycles. The van der Waals surface area contributed by atoms with Crippen LogP contribution in [0.2, 0.25) is 0 Å². The summed E-state index contributed by atoms with van der Waals surface area (Å²) in [6.45, 7) is 0. The van der Waals surface area contributed by atoms with Crippen LogP contribution in [0.3, 0.4) is 0 Å². The number of benzene rings is 9. The molecule has 0 aliphatic heterocycles. The van der Waals surface area contributed by atoms with E-state index in [0.29, 0.717) is 0 Å². The zero-order chi connectivity index (χ0) is 32.3. The predicted octanol–water partition coefficient (Wildman–Crippen LogP) is 13.9. The molecule has 3 heteroatoms. The summed E-state index contributed by atoms with van der Waals surface area (Å²) in [7, 11) is 0. The third-order valence-corrected chi connectivity index (χ3v) is 10.9. The lowest BCUT2D eigenvalue weighted by molar-refractivity contribution is 1.30. The fraction of sp³-hybridized carbons (Fsp3) is 0. The minimum Gasteiger partial charge on any atom is -0.310 e. The van der Waals surface area contributed by atoms with Gasteiger partial charge in [-0.1, -0.05) is 109 Å². The van der Waals surface area contributed by atoms with Crippen LogP contribution < -0.4 is 9.80 Å². The first-order valence-electron chi connectivity index (χ1n) is 16.7. The number of rotatable bonds is 6. The summed E-state index contributed by atoms with van der Waals surface area (Å²) in [5.74, 6) is 0. The lowest BCUT2D eigenvalue weighted by Crippen LogP contribution is -2.11. The molecule has 0 amide bonds. The van der Waals surface area contributed by atoms with Crippen molar-refractivity contribution in [2.45, 2.75) is 0 Å². The molecule has 10 aromatic rings. The van der Waals surface area contributed by atoms with Crippen molar-refractivity contribution in [2.24, 2.45) is 0 Å². The Balaban J connectivity index is 1.24. The minimum atomic E-state index is 1.14. The number of anilines is 6. The van der Waals surface area contributed by atoms with Gasteiger partial charge in [-0.25, -0.2) is 0 Å². The fourth-order valence-electron chi connectivity index (χ4n) is 7.60. The van der Waals surface area contributed by atoms with E-state index in [9.17, 15) is 0 Å². The van der Waals surface area contributed by atoms with Gasteiger partial charge in [0.25, 0.3) is 0 Å². The summed E-state index contributed by atoms with van der Waals surface area (Å²) in [5.41, 5.74) is 6.89. The van der Waals surface area contributed by atoms with Crippen molar-refractivity contribution in [3.63, 3.8) is 0 Å². The Labute approximate surface area is 288 Å². The highest BCUT2D eigenvalue weighted by atomic mass is 32.1. The molecule has 0 unspecified atom stereocenters. The normalized spacial score (nSPS) is 11.7. The van der Waals surface area contributed by atoms with Gasteiger partial charge in [-0.05, 0) is 94.3 Å². The summed E-state index contributed by atoms with van der Waals surface area (Å²) in [5, 5.41) is 10.1. The molecule has 2 nitrogen and oxygen atoms in total. The highest BCUT2D eigenvalue weighted by Gasteiger charge is 2.22. The Bertz CT molecular complexity index is 2730. The van der Waals surface area contributed by atoms with Gasteiger partial charge < -0.3 is 9.80 Å². The Morgan fingerprint density at radius 2 is 0.755 bits per heavy atom. The monoisotopic (exact) mass is 642 g/mol. The van der Waals surface area contributed by atoms with Gasteiger partial charge >= 0.3 is 0 Å². The van der Waals surface area contributed by atoms with Gasteiger partial charge in [0, 0.05) is 53.7 Å². The summed E-state index contributed by atoms with van der Waals surface area (Å²) in [4.78, 5) is 4.81. The van der Waals surface area contributed by atoms with Crippen molar-refractivity contribution >= 4 is 98.0 Å². The van der Waals surface area contributed by atoms with Crippen LogP contribution in [0.1, 0.15) is 0 Å². The molecule has 0 aliphatic carbocycles. The van der Waals surface area contributed by atoms with Crippen LogP contribution in [0.25, 0.3) is 52.5 Å². The smallest absolute Gasteiger partial charge is 0.0540 e. The van der Waals surface area contributed by atoms with Crippen LogP contribution in [0, 0.1) is 0 Å². The lowest BCUT2D eigenvalue weighted by Gasteiger charge is -2.29. The zero-order valence-electron chi connectivity index (χ0n) is 26.6. The van der Waals surface area contributed by atoms with E-state index >= 15 is 0 Å². The second-order valence-electron chi connectivity index (χ2n) is 12.5. The van der Waals surface area contributed by atoms with Gasteiger partial charge in [0.15, 0.2) is 0 Å². The molecule has 49 heavy (non-hydrogen) atoms. The molecule has 230 valence electrons. The van der Waals surface area contributed by atoms with E-state index in [4.69, 9.17) is 0 Å². The molecule has 0 spiro atoms. The highest BCUT2D eigenvalue weighted by Crippen LogP contribution is 2.48. The largest absolute Gasteiger partial charge is 0.310 e. The summed E-state index contributed by atoms with van der Waals surface area (Å²) in [6, 6.07) is 66.2. The van der Waals surface area contributed by atoms with Gasteiger partial charge in [-0.2, -0.15) is 0 Å². The minimum absolute atomic E-state index is 1.14. The second kappa shape index (κ2) is 11.2. The van der Waals surface area contributed by atoms with E-state index in [1.807, 2.05) is 11.3 Å². The molecule has 0 bridgehead atoms. The average Bonchev–Trinajstić information content (AvgIpc) is 3.54. The third-order valence-electron chi connectivity index (χ3n) is 9.76. The van der Waals surface area contributed by atoms with Crippen LogP contribution >= 0.6 is 11.3 Å². The van der Waals surface area contributed by atoms with Crippen molar-refractivity contribution in [1.29, 1.82) is 0 Å². The number of para-hydroxylation sites is 3. The molecule has 0 aliphatic rings. The van der Waals surface area contributed by atoms with E-state index < -0.39 is 0 Å². The molecule has 10 rings (SSSR count). The van der Waals surface area contributed by atoms with Crippen LogP contribution in [0.4, 0.5) is 34.1 Å². The molecular formula is C46H30N2S. The first-order chi connectivity index (χ1) is 24.3. The molecule has 0 radical (unpaired) electrons. The van der Waals surface area contributed by atoms with Crippen molar-refractivity contribution < 1.29 is 0 Å². The van der Waals surface area contributed by atoms with Crippen molar-refractivity contribution in [3.05, 3.63) is 182 Å². The molecule has 9 aromatic carbocycles. The van der Waals surface area contributed by atoms with E-state index in [0.717, 1.165) is 22.7 Å². The maximum absolute atomic E-state index is 2.43. The summed E-state index contributed by atoms with van der Waals surface area (Å²) < 4.78 is 2.63. The van der Waals surface area contributed by atoms with Gasteiger partial charge in [-0.3, -0.25) is 0 Å². The number of fused-ring (bicyclic) bond motifs is 3. The molecule has 0 saturated heterocycles. The first kappa shape index (κ1) is 27.9. The van der Waals surface area contributed by atoms with E-state index in [1.165, 1.54) is 63.9 Å². The molecule has 0 fully saturated rings. The van der Waals surface area contributed by atoms with Crippen molar-refractivity contribution in [2.75, 3.05) is 9.80 Å². The highest BCUT2D eigenvalue weighted by molar-refractivity contribution is 7.25. The molecule has 1 heterocycles. The van der Waals surface area contributed by atoms with Crippen LogP contribution in [0.15, 0.2) is 182 Å². The Hall–Kier alpha value is -6.16. The Morgan fingerprint density at radius 3 is 1.31 bits per heavy atom. The van der Waals surface area contributed by atoms with Gasteiger partial charge in [0.2, 0.25) is 0 Å². The van der Waals surface area contributed by atoms with Crippen LogP contribution in [0.5, 0.6) is 0 Å². The first-order valence-corrected chi connectivity index (χ1v) is 17.5. The molecule has 0 N–H and O–H groups in total. The quantitative estimate of drug-likeness (QED) is 0.167. The third kappa shape index (κ3) is 4.47. The lowest BCUT2D eigenvalue weighted by atomic mass is 9.91. The summed E-state index contributed by atoms with van der Waals surface area (Å²) in [6.07, 6.45) is 0. The average molecular weight is 643 g/mol. The zero-order valence-corrected chi connectivity index (χ0v) is 27.4. The van der Waals surface area contributed by atoms with E-state index in [2.05, 4.69) is 192 Å². The van der Waals surface area contributed by atoms with Crippen molar-refractivity contribution in [3.8, 4) is 0 Å². The van der Waals surface area contributed by atoms with E-state index in [-0.39, 0.29) is 0 Å². The van der Waals surface area contributed by atoms with Gasteiger partial charge in [0.1, 0.15) is 0 Å². The van der Waals surface area contributed by atoms with Gasteiger partial charge in [-0.15, -0.1) is 11.3 Å². The van der Waals surface area contributed by atoms with Gasteiger partial charge in [0.05, 0.1) is 11.4 Å². The Morgan fingerprint density at radius 1 is 0.306 bits per heavy atom. The number of thiophene rings is 1. The topological polar surface area (TPSA) is 6.48 Å². The summed E-state index contributed by atoms with van der Waals surface area (Å²) >= 11 is 1.86. The second-order valence-corrected chi connectivity index (χ2v) is 13.6. The predicted molar refractivity (Wildman–Crippen MR) is 212 cm³/mol. The number of hydrogen-bond acceptors (Lipinski definition) is 3. The molecular weight excluding hydrogens is 613 g/mol. The Kier molecular flexibility index (Phi) is 6.39. The maximum Gasteiger partial charge on any atom is 0.0540 e. The van der Waals surface area contributed by atoms with Crippen LogP contribution in [-0.4, -0.2) is 0 Å². The number of nitrogens with zero attached hydrogens (tertiary/aromatic N) is 2. The van der Waals surface area contributed by atoms with E-state index in [1.54, 1.807) is 0 Å². The maximum atomic E-state index is 2.43. The fourth-order valence-corrected chi connectivity index (χ4v) is 8.69.